The lowest BCUT2D eigenvalue weighted by Gasteiger charge is -2.18. The Bertz CT molecular complexity index is 440. The highest BCUT2D eigenvalue weighted by Crippen LogP contribution is 2.02. The maximum Gasteiger partial charge on any atom is 0.337 e. The van der Waals surface area contributed by atoms with Crippen LogP contribution in [0.3, 0.4) is 0 Å². The van der Waals surface area contributed by atoms with Crippen LogP contribution in [0, 0.1) is 6.92 Å². The molecule has 1 atom stereocenters. The van der Waals surface area contributed by atoms with Gasteiger partial charge in [-0.05, 0) is 13.8 Å². The molecule has 0 spiro atoms. The highest BCUT2D eigenvalue weighted by molar-refractivity contribution is 5.79. The van der Waals surface area contributed by atoms with E-state index in [9.17, 15) is 14.7 Å². The first-order valence-electron chi connectivity index (χ1n) is 5.21. The first-order valence-corrected chi connectivity index (χ1v) is 5.21. The van der Waals surface area contributed by atoms with Crippen molar-refractivity contribution >= 4 is 12.0 Å². The van der Waals surface area contributed by atoms with Gasteiger partial charge in [0.2, 0.25) is 0 Å². The molecule has 0 aromatic carbocycles. The molecule has 0 aliphatic rings. The predicted molar refractivity (Wildman–Crippen MR) is 59.7 cm³/mol. The van der Waals surface area contributed by atoms with Gasteiger partial charge in [-0.3, -0.25) is 0 Å². The standard InChI is InChI=1S/C10H15N3O5/c1-6-3-7(18-13-6)4-11-9(16)12-5-10(2,17)8(14)15/h3,17H,4-5H2,1-2H3,(H,14,15)(H2,11,12,16). The lowest BCUT2D eigenvalue weighted by molar-refractivity contribution is -0.155. The van der Waals surface area contributed by atoms with Crippen molar-refractivity contribution in [2.45, 2.75) is 26.0 Å². The molecule has 1 rings (SSSR count). The normalized spacial score (nSPS) is 13.7. The first kappa shape index (κ1) is 14.0. The van der Waals surface area contributed by atoms with Crippen molar-refractivity contribution in [3.8, 4) is 0 Å². The summed E-state index contributed by atoms with van der Waals surface area (Å²) in [6, 6.07) is 1.05. The highest BCUT2D eigenvalue weighted by Gasteiger charge is 2.30. The minimum atomic E-state index is -2.00. The van der Waals surface area contributed by atoms with Crippen LogP contribution in [0.1, 0.15) is 18.4 Å². The Balaban J connectivity index is 2.32. The topological polar surface area (TPSA) is 125 Å². The lowest BCUT2D eigenvalue weighted by Crippen LogP contribution is -2.48. The van der Waals surface area contributed by atoms with Crippen LogP contribution in [0.4, 0.5) is 4.79 Å². The molecule has 100 valence electrons. The minimum Gasteiger partial charge on any atom is -0.479 e. The number of carboxylic acid groups (broad SMARTS) is 1. The number of hydrogen-bond acceptors (Lipinski definition) is 5. The number of nitrogens with one attached hydrogen (secondary N) is 2. The van der Waals surface area contributed by atoms with Gasteiger partial charge in [-0.1, -0.05) is 5.16 Å². The van der Waals surface area contributed by atoms with E-state index in [2.05, 4.69) is 15.8 Å². The molecule has 0 aliphatic heterocycles. The summed E-state index contributed by atoms with van der Waals surface area (Å²) in [5, 5.41) is 26.3. The molecule has 0 fully saturated rings. The van der Waals surface area contributed by atoms with Crippen molar-refractivity contribution in [1.82, 2.24) is 15.8 Å². The average molecular weight is 257 g/mol. The molecule has 2 amide bonds. The monoisotopic (exact) mass is 257 g/mol. The molecule has 1 aromatic rings. The second-order valence-electron chi connectivity index (χ2n) is 4.05. The Morgan fingerprint density at radius 3 is 2.67 bits per heavy atom. The summed E-state index contributed by atoms with van der Waals surface area (Å²) in [5.41, 5.74) is -1.30. The fourth-order valence-corrected chi connectivity index (χ4v) is 1.06. The van der Waals surface area contributed by atoms with E-state index >= 15 is 0 Å². The Kier molecular flexibility index (Phi) is 4.27. The fraction of sp³-hybridized carbons (Fsp3) is 0.500. The van der Waals surface area contributed by atoms with Crippen molar-refractivity contribution in [3.05, 3.63) is 17.5 Å². The molecule has 4 N–H and O–H groups in total. The maximum atomic E-state index is 11.3. The average Bonchev–Trinajstić information content (AvgIpc) is 2.69. The van der Waals surface area contributed by atoms with Crippen LogP contribution in [0.25, 0.3) is 0 Å². The summed E-state index contributed by atoms with van der Waals surface area (Å²) in [6.45, 7) is 2.57. The lowest BCUT2D eigenvalue weighted by atomic mass is 10.1. The third-order valence-corrected chi connectivity index (χ3v) is 2.15. The molecular weight excluding hydrogens is 242 g/mol. The molecule has 0 aliphatic carbocycles. The quantitative estimate of drug-likeness (QED) is 0.569. The van der Waals surface area contributed by atoms with Crippen LogP contribution in [0.15, 0.2) is 10.6 Å². The number of carbonyl (C=O) groups excluding carboxylic acids is 1. The van der Waals surface area contributed by atoms with Crippen LogP contribution in [-0.2, 0) is 11.3 Å². The Labute approximate surface area is 103 Å². The second kappa shape index (κ2) is 5.50. The van der Waals surface area contributed by atoms with Crippen LogP contribution in [-0.4, -0.2) is 39.5 Å². The third-order valence-electron chi connectivity index (χ3n) is 2.15. The summed E-state index contributed by atoms with van der Waals surface area (Å²) in [4.78, 5) is 21.9. The summed E-state index contributed by atoms with van der Waals surface area (Å²) < 4.78 is 4.86. The van der Waals surface area contributed by atoms with E-state index in [0.29, 0.717) is 11.5 Å². The first-order chi connectivity index (χ1) is 8.31. The van der Waals surface area contributed by atoms with Crippen molar-refractivity contribution in [3.63, 3.8) is 0 Å². The Morgan fingerprint density at radius 1 is 1.50 bits per heavy atom. The number of aliphatic carboxylic acids is 1. The zero-order valence-corrected chi connectivity index (χ0v) is 10.1. The largest absolute Gasteiger partial charge is 0.479 e. The van der Waals surface area contributed by atoms with Gasteiger partial charge in [0.1, 0.15) is 0 Å². The van der Waals surface area contributed by atoms with E-state index in [-0.39, 0.29) is 6.54 Å². The number of aryl methyl sites for hydroxylation is 1. The summed E-state index contributed by atoms with van der Waals surface area (Å²) >= 11 is 0. The summed E-state index contributed by atoms with van der Waals surface area (Å²) in [7, 11) is 0. The number of carbonyl (C=O) groups is 2. The molecule has 1 heterocycles. The maximum absolute atomic E-state index is 11.3. The number of aliphatic hydroxyl groups is 1. The minimum absolute atomic E-state index is 0.127. The van der Waals surface area contributed by atoms with E-state index in [0.717, 1.165) is 6.92 Å². The molecule has 0 radical (unpaired) electrons. The smallest absolute Gasteiger partial charge is 0.337 e. The van der Waals surface area contributed by atoms with Crippen molar-refractivity contribution in [2.75, 3.05) is 6.54 Å². The molecule has 0 saturated carbocycles. The van der Waals surface area contributed by atoms with Gasteiger partial charge in [-0.2, -0.15) is 0 Å². The van der Waals surface area contributed by atoms with Gasteiger partial charge < -0.3 is 25.4 Å². The van der Waals surface area contributed by atoms with Gasteiger partial charge in [0.25, 0.3) is 0 Å². The molecule has 8 heteroatoms. The van der Waals surface area contributed by atoms with E-state index in [4.69, 9.17) is 9.63 Å². The zero-order chi connectivity index (χ0) is 13.8. The molecule has 0 saturated heterocycles. The predicted octanol–water partition coefficient (Wildman–Crippen LogP) is -0.382. The van der Waals surface area contributed by atoms with Gasteiger partial charge in [-0.15, -0.1) is 0 Å². The highest BCUT2D eigenvalue weighted by atomic mass is 16.5. The molecule has 8 nitrogen and oxygen atoms in total. The van der Waals surface area contributed by atoms with Gasteiger partial charge in [0, 0.05) is 6.07 Å². The van der Waals surface area contributed by atoms with Crippen LogP contribution in [0.2, 0.25) is 0 Å². The zero-order valence-electron chi connectivity index (χ0n) is 10.1. The van der Waals surface area contributed by atoms with E-state index in [1.165, 1.54) is 0 Å². The van der Waals surface area contributed by atoms with Crippen LogP contribution >= 0.6 is 0 Å². The van der Waals surface area contributed by atoms with Gasteiger partial charge >= 0.3 is 12.0 Å². The van der Waals surface area contributed by atoms with Crippen molar-refractivity contribution in [1.29, 1.82) is 0 Å². The Morgan fingerprint density at radius 2 is 2.17 bits per heavy atom. The Hall–Kier alpha value is -2.09. The molecule has 18 heavy (non-hydrogen) atoms. The SMILES string of the molecule is Cc1cc(CNC(=O)NCC(C)(O)C(=O)O)on1. The number of urea groups is 1. The van der Waals surface area contributed by atoms with Crippen LogP contribution < -0.4 is 10.6 Å². The number of carboxylic acids is 1. The van der Waals surface area contributed by atoms with Gasteiger partial charge in [-0.25, -0.2) is 9.59 Å². The van der Waals surface area contributed by atoms with Gasteiger partial charge in [0.15, 0.2) is 11.4 Å². The van der Waals surface area contributed by atoms with Crippen LogP contribution in [0.5, 0.6) is 0 Å². The van der Waals surface area contributed by atoms with Crippen molar-refractivity contribution in [2.24, 2.45) is 0 Å². The summed E-state index contributed by atoms with van der Waals surface area (Å²) in [5.74, 6) is -0.929. The number of hydrogen-bond donors (Lipinski definition) is 4. The summed E-state index contributed by atoms with van der Waals surface area (Å²) in [6.07, 6.45) is 0. The van der Waals surface area contributed by atoms with Crippen molar-refractivity contribution < 1.29 is 24.3 Å². The second-order valence-corrected chi connectivity index (χ2v) is 4.05. The fourth-order valence-electron chi connectivity index (χ4n) is 1.06. The number of aromatic nitrogens is 1. The van der Waals surface area contributed by atoms with Gasteiger partial charge in [0.05, 0.1) is 18.8 Å². The molecule has 1 aromatic heterocycles. The molecular formula is C10H15N3O5. The third kappa shape index (κ3) is 4.06. The number of rotatable bonds is 5. The number of amides is 2. The number of nitrogens with zero attached hydrogens (tertiary/aromatic N) is 1. The molecule has 0 bridgehead atoms. The van der Waals surface area contributed by atoms with E-state index < -0.39 is 24.1 Å². The van der Waals surface area contributed by atoms with E-state index in [1.807, 2.05) is 0 Å². The molecule has 1 unspecified atom stereocenters. The van der Waals surface area contributed by atoms with E-state index in [1.54, 1.807) is 13.0 Å².